The van der Waals surface area contributed by atoms with E-state index in [1.54, 1.807) is 51.7 Å². The molecule has 3 aromatic rings. The van der Waals surface area contributed by atoms with E-state index in [0.29, 0.717) is 30.3 Å². The SMILES string of the molecule is CC[SiH](CC)CC.COC(=O)C1CC(O)(c2ccc(Br)c(OC)c2)C1.COC(=O)C1CC(c2ccc(Br)c(OC)c2)C1.COc1cccc(C2(O)CC(C(=O)O)C2)c1.[Na+].[O-][Br+2]([O-])[O-]. The van der Waals surface area contributed by atoms with Crippen LogP contribution in [0.25, 0.3) is 0 Å². The summed E-state index contributed by atoms with van der Waals surface area (Å²) in [6.45, 7) is 6.97. The van der Waals surface area contributed by atoms with Crippen molar-refractivity contribution in [3.05, 3.63) is 86.3 Å². The van der Waals surface area contributed by atoms with Crippen LogP contribution in [0.5, 0.6) is 17.2 Å². The van der Waals surface area contributed by atoms with Crippen LogP contribution in [0.3, 0.4) is 0 Å². The molecule has 3 aliphatic carbocycles. The average Bonchev–Trinajstić information content (AvgIpc) is 3.22. The molecule has 3 saturated carbocycles. The normalized spacial score (nSPS) is 22.6. The van der Waals surface area contributed by atoms with E-state index in [1.807, 2.05) is 24.3 Å². The van der Waals surface area contributed by atoms with Gasteiger partial charge in [-0.05, 0) is 129 Å². The Kier molecular flexibility index (Phi) is 27.0. The number of aliphatic hydroxyl groups is 2. The van der Waals surface area contributed by atoms with Gasteiger partial charge in [0, 0.05) is 8.80 Å². The van der Waals surface area contributed by atoms with Crippen molar-refractivity contribution in [3.8, 4) is 17.2 Å². The fourth-order valence-electron chi connectivity index (χ4n) is 7.40. The zero-order chi connectivity index (χ0) is 46.8. The first-order valence-electron chi connectivity index (χ1n) is 20.2. The molecule has 0 saturated heterocycles. The second kappa shape index (κ2) is 28.9. The third-order valence-electron chi connectivity index (χ3n) is 11.6. The van der Waals surface area contributed by atoms with Crippen LogP contribution >= 0.6 is 31.9 Å². The first-order valence-corrected chi connectivity index (χ1v) is 26.1. The number of esters is 2. The van der Waals surface area contributed by atoms with Crippen molar-refractivity contribution >= 4 is 58.6 Å². The number of carboxylic acids is 1. The smallest absolute Gasteiger partial charge is 0.497 e. The molecule has 3 N–H and O–H groups in total. The van der Waals surface area contributed by atoms with Gasteiger partial charge in [0.2, 0.25) is 14.8 Å². The van der Waals surface area contributed by atoms with Gasteiger partial charge in [0.1, 0.15) is 17.2 Å². The molecule has 0 aliphatic heterocycles. The summed E-state index contributed by atoms with van der Waals surface area (Å²) >= 11 is 3.14. The maximum atomic E-state index is 11.3. The molecule has 0 aromatic heterocycles. The Bertz CT molecular complexity index is 1860. The number of halogens is 3. The number of rotatable bonds is 12. The minimum absolute atomic E-state index is 0. The van der Waals surface area contributed by atoms with Gasteiger partial charge >= 0.3 is 47.5 Å². The summed E-state index contributed by atoms with van der Waals surface area (Å²) in [5.74, 6) is 0.851. The summed E-state index contributed by atoms with van der Waals surface area (Å²) in [6.07, 6.45) is 3.08. The number of hydrogen-bond acceptors (Lipinski definition) is 13. The number of methoxy groups -OCH3 is 5. The molecule has 14 nitrogen and oxygen atoms in total. The molecule has 0 amide bonds. The maximum absolute atomic E-state index is 11.3. The van der Waals surface area contributed by atoms with Crippen LogP contribution in [0.2, 0.25) is 18.1 Å². The number of carbonyl (C=O) groups is 3. The van der Waals surface area contributed by atoms with E-state index >= 15 is 0 Å². The van der Waals surface area contributed by atoms with E-state index in [0.717, 1.165) is 38.7 Å². The minimum atomic E-state index is -3.65. The fourth-order valence-corrected chi connectivity index (χ4v) is 9.95. The summed E-state index contributed by atoms with van der Waals surface area (Å²) in [5, 5.41) is 29.4. The molecular formula is C44H60Br3NaO14Si. The van der Waals surface area contributed by atoms with Gasteiger partial charge in [0.15, 0.2) is 0 Å². The first kappa shape index (κ1) is 58.9. The summed E-state index contributed by atoms with van der Waals surface area (Å²) in [4.78, 5) is 33.3. The quantitative estimate of drug-likeness (QED) is 0.175. The van der Waals surface area contributed by atoms with E-state index in [1.165, 1.54) is 37.9 Å². The van der Waals surface area contributed by atoms with Gasteiger partial charge in [0.05, 0.1) is 73.5 Å². The van der Waals surface area contributed by atoms with Crippen molar-refractivity contribution in [2.24, 2.45) is 17.8 Å². The molecule has 0 radical (unpaired) electrons. The summed E-state index contributed by atoms with van der Waals surface area (Å²) < 4.78 is 52.3. The number of hydrogen-bond donors (Lipinski definition) is 3. The number of benzene rings is 3. The van der Waals surface area contributed by atoms with Gasteiger partial charge in [0.25, 0.3) is 0 Å². The molecule has 19 heteroatoms. The van der Waals surface area contributed by atoms with Gasteiger partial charge in [-0.3, -0.25) is 14.4 Å². The molecule has 6 rings (SSSR count). The van der Waals surface area contributed by atoms with Crippen LogP contribution in [-0.4, -0.2) is 77.6 Å². The molecule has 0 bridgehead atoms. The van der Waals surface area contributed by atoms with Gasteiger partial charge in [-0.1, -0.05) is 63.2 Å². The van der Waals surface area contributed by atoms with Crippen molar-refractivity contribution < 1.29 is 110 Å². The summed E-state index contributed by atoms with van der Waals surface area (Å²) in [7, 11) is 7.42. The van der Waals surface area contributed by atoms with E-state index in [4.69, 9.17) is 36.6 Å². The third kappa shape index (κ3) is 17.9. The molecule has 0 atom stereocenters. The molecular weight excluding hydrogens is 1040 g/mol. The minimum Gasteiger partial charge on any atom is -0.497 e. The molecule has 0 spiro atoms. The molecule has 0 heterocycles. The number of carboxylic acid groups (broad SMARTS) is 1. The van der Waals surface area contributed by atoms with Crippen molar-refractivity contribution in [1.82, 2.24) is 0 Å². The van der Waals surface area contributed by atoms with Crippen molar-refractivity contribution in [2.45, 2.75) is 94.5 Å². The number of aliphatic carboxylic acids is 1. The predicted molar refractivity (Wildman–Crippen MR) is 233 cm³/mol. The van der Waals surface area contributed by atoms with Crippen molar-refractivity contribution in [3.63, 3.8) is 0 Å². The zero-order valence-corrected chi connectivity index (χ0v) is 45.4. The maximum Gasteiger partial charge on any atom is 1.00 e. The molecule has 346 valence electrons. The summed E-state index contributed by atoms with van der Waals surface area (Å²) in [6, 6.07) is 23.1. The average molecular weight is 1100 g/mol. The Balaban J connectivity index is 0.000000420. The van der Waals surface area contributed by atoms with Crippen LogP contribution in [-0.2, 0) is 35.1 Å². The monoisotopic (exact) mass is 1100 g/mol. The second-order valence-electron chi connectivity index (χ2n) is 15.3. The van der Waals surface area contributed by atoms with Crippen LogP contribution in [0.15, 0.2) is 69.6 Å². The van der Waals surface area contributed by atoms with E-state index in [-0.39, 0.29) is 75.0 Å². The number of ether oxygens (including phenoxy) is 5. The standard InChI is InChI=1S/C13H15BrO4.C13H15BrO3.C12H14O4.C6H16Si.BrO3.Na/c1-17-11-5-9(3-4-10(11)14)13(16)6-8(7-13)12(15)18-2;1-16-12-7-8(3-4-11(12)14)9-5-10(6-9)13(15)17-2;1-16-10-4-2-3-9(5-10)12(15)6-8(7-12)11(13)14;1-4-7(5-2)6-3;2-1(3)4;/h3-5,8,16H,6-7H2,1-2H3;3-4,7,9-10H,5-6H2,1-2H3;2-5,8,15H,6-7H2,1H3,(H,13,14);7H,4-6H2,1-3H3;;/q;;;;-1;+1. The Morgan fingerprint density at radius 3 is 1.56 bits per heavy atom. The van der Waals surface area contributed by atoms with Crippen LogP contribution in [0.4, 0.5) is 0 Å². The Morgan fingerprint density at radius 2 is 1.13 bits per heavy atom. The van der Waals surface area contributed by atoms with Crippen molar-refractivity contribution in [1.29, 1.82) is 0 Å². The fraction of sp³-hybridized carbons (Fsp3) is 0.523. The molecule has 3 fully saturated rings. The molecule has 3 aromatic carbocycles. The van der Waals surface area contributed by atoms with Crippen LogP contribution < -0.4 is 56.4 Å². The van der Waals surface area contributed by atoms with E-state index < -0.39 is 37.9 Å². The summed E-state index contributed by atoms with van der Waals surface area (Å²) in [5.41, 5.74) is 0.766. The molecule has 63 heavy (non-hydrogen) atoms. The third-order valence-corrected chi connectivity index (χ3v) is 16.3. The van der Waals surface area contributed by atoms with Gasteiger partial charge in [-0.15, -0.1) is 0 Å². The van der Waals surface area contributed by atoms with Gasteiger partial charge < -0.3 is 51.6 Å². The van der Waals surface area contributed by atoms with E-state index in [9.17, 15) is 24.6 Å². The zero-order valence-electron chi connectivity index (χ0n) is 37.5. The predicted octanol–water partition coefficient (Wildman–Crippen LogP) is 2.44. The molecule has 0 unspecified atom stereocenters. The Hall–Kier alpha value is -2.07. The Morgan fingerprint density at radius 1 is 0.683 bits per heavy atom. The Labute approximate surface area is 417 Å². The first-order chi connectivity index (χ1) is 29.3. The second-order valence-corrected chi connectivity index (χ2v) is 22.0. The van der Waals surface area contributed by atoms with Gasteiger partial charge in [-0.25, -0.2) is 0 Å². The molecule has 3 aliphatic rings. The van der Waals surface area contributed by atoms with Crippen molar-refractivity contribution in [2.75, 3.05) is 35.5 Å². The van der Waals surface area contributed by atoms with Crippen LogP contribution in [0, 0.1) is 32.6 Å². The van der Waals surface area contributed by atoms with Gasteiger partial charge in [-0.2, -0.15) is 0 Å². The topological polar surface area (TPSA) is 227 Å². The number of carbonyl (C=O) groups excluding carboxylic acids is 2. The van der Waals surface area contributed by atoms with E-state index in [2.05, 4.69) is 63.4 Å². The largest absolute Gasteiger partial charge is 1.00 e. The van der Waals surface area contributed by atoms with Crippen LogP contribution in [0.1, 0.15) is 81.9 Å².